The zero-order valence-electron chi connectivity index (χ0n) is 14.9. The maximum Gasteiger partial charge on any atom is 0.191 e. The van der Waals surface area contributed by atoms with E-state index in [1.165, 1.54) is 42.6 Å². The molecule has 0 N–H and O–H groups in total. The van der Waals surface area contributed by atoms with Gasteiger partial charge in [0.1, 0.15) is 10.8 Å². The van der Waals surface area contributed by atoms with Gasteiger partial charge < -0.3 is 4.57 Å². The molecular weight excluding hydrogens is 360 g/mol. The lowest BCUT2D eigenvalue weighted by atomic mass is 10.1. The third-order valence-corrected chi connectivity index (χ3v) is 6.97. The summed E-state index contributed by atoms with van der Waals surface area (Å²) >= 11 is 3.51. The molecule has 5 rings (SSSR count). The first-order valence-electron chi connectivity index (χ1n) is 9.43. The van der Waals surface area contributed by atoms with Crippen molar-refractivity contribution in [3.8, 4) is 10.6 Å². The second-order valence-electron chi connectivity index (χ2n) is 7.20. The summed E-state index contributed by atoms with van der Waals surface area (Å²) in [6.07, 6.45) is 6.19. The minimum absolute atomic E-state index is 0.645. The predicted octanol–water partition coefficient (Wildman–Crippen LogP) is 5.47. The zero-order valence-corrected chi connectivity index (χ0v) is 16.5. The molecule has 2 aliphatic carbocycles. The number of thiazole rings is 1. The van der Waals surface area contributed by atoms with Gasteiger partial charge in [-0.15, -0.1) is 21.5 Å². The highest BCUT2D eigenvalue weighted by atomic mass is 32.2. The Morgan fingerprint density at radius 3 is 2.62 bits per heavy atom. The van der Waals surface area contributed by atoms with Crippen LogP contribution in [0.2, 0.25) is 0 Å². The van der Waals surface area contributed by atoms with Gasteiger partial charge in [0.2, 0.25) is 0 Å². The maximum absolute atomic E-state index is 4.84. The SMILES string of the molecule is CCc1ccc(-c2nc(CSc3nnc(C4CC4)n3C3CC3)cs2)cc1. The van der Waals surface area contributed by atoms with Crippen molar-refractivity contribution in [2.45, 2.75) is 61.9 Å². The number of hydrogen-bond acceptors (Lipinski definition) is 5. The minimum Gasteiger partial charge on any atom is -0.303 e. The Morgan fingerprint density at radius 1 is 1.12 bits per heavy atom. The lowest BCUT2D eigenvalue weighted by Crippen LogP contribution is -2.01. The number of aromatic nitrogens is 4. The minimum atomic E-state index is 0.645. The molecule has 2 heterocycles. The van der Waals surface area contributed by atoms with Crippen molar-refractivity contribution in [3.05, 3.63) is 46.7 Å². The second kappa shape index (κ2) is 6.82. The summed E-state index contributed by atoms with van der Waals surface area (Å²) in [5.41, 5.74) is 3.71. The number of nitrogens with zero attached hydrogens (tertiary/aromatic N) is 4. The first-order chi connectivity index (χ1) is 12.8. The fourth-order valence-electron chi connectivity index (χ4n) is 3.21. The van der Waals surface area contributed by atoms with E-state index in [4.69, 9.17) is 4.98 Å². The highest BCUT2D eigenvalue weighted by Crippen LogP contribution is 2.46. The van der Waals surface area contributed by atoms with Gasteiger partial charge in [-0.1, -0.05) is 43.0 Å². The molecule has 6 heteroatoms. The van der Waals surface area contributed by atoms with Gasteiger partial charge in [0.05, 0.1) is 5.69 Å². The third kappa shape index (κ3) is 3.32. The van der Waals surface area contributed by atoms with E-state index in [-0.39, 0.29) is 0 Å². The second-order valence-corrected chi connectivity index (χ2v) is 9.00. The Balaban J connectivity index is 1.30. The Kier molecular flexibility index (Phi) is 4.33. The van der Waals surface area contributed by atoms with Crippen LogP contribution in [0, 0.1) is 0 Å². The summed E-state index contributed by atoms with van der Waals surface area (Å²) in [7, 11) is 0. The van der Waals surface area contributed by atoms with Crippen LogP contribution in [0.5, 0.6) is 0 Å². The van der Waals surface area contributed by atoms with E-state index < -0.39 is 0 Å². The Morgan fingerprint density at radius 2 is 1.92 bits per heavy atom. The monoisotopic (exact) mass is 382 g/mol. The lowest BCUT2D eigenvalue weighted by Gasteiger charge is -2.07. The molecule has 0 amide bonds. The molecule has 0 aliphatic heterocycles. The van der Waals surface area contributed by atoms with Crippen molar-refractivity contribution >= 4 is 23.1 Å². The molecule has 2 fully saturated rings. The van der Waals surface area contributed by atoms with E-state index in [2.05, 4.69) is 51.3 Å². The quantitative estimate of drug-likeness (QED) is 0.508. The van der Waals surface area contributed by atoms with Crippen LogP contribution < -0.4 is 0 Å². The van der Waals surface area contributed by atoms with Gasteiger partial charge in [0.15, 0.2) is 5.16 Å². The molecule has 1 aromatic carbocycles. The highest BCUT2D eigenvalue weighted by molar-refractivity contribution is 7.98. The van der Waals surface area contributed by atoms with Crippen LogP contribution in [0.15, 0.2) is 34.8 Å². The molecule has 0 saturated heterocycles. The van der Waals surface area contributed by atoms with Gasteiger partial charge >= 0.3 is 0 Å². The molecule has 0 bridgehead atoms. The molecule has 3 aromatic rings. The van der Waals surface area contributed by atoms with E-state index in [0.717, 1.165) is 28.0 Å². The van der Waals surface area contributed by atoms with Crippen LogP contribution >= 0.6 is 23.1 Å². The summed E-state index contributed by atoms with van der Waals surface area (Å²) in [5, 5.41) is 13.3. The summed E-state index contributed by atoms with van der Waals surface area (Å²) < 4.78 is 2.42. The summed E-state index contributed by atoms with van der Waals surface area (Å²) in [6.45, 7) is 2.18. The van der Waals surface area contributed by atoms with E-state index in [1.54, 1.807) is 23.1 Å². The zero-order chi connectivity index (χ0) is 17.5. The number of benzene rings is 1. The number of aryl methyl sites for hydroxylation is 1. The molecule has 0 radical (unpaired) electrons. The molecule has 2 aromatic heterocycles. The van der Waals surface area contributed by atoms with Crippen LogP contribution in [0.25, 0.3) is 10.6 Å². The van der Waals surface area contributed by atoms with Crippen LogP contribution in [0.1, 0.15) is 61.6 Å². The predicted molar refractivity (Wildman–Crippen MR) is 107 cm³/mol. The smallest absolute Gasteiger partial charge is 0.191 e. The van der Waals surface area contributed by atoms with Crippen molar-refractivity contribution in [2.24, 2.45) is 0 Å². The molecule has 2 saturated carbocycles. The van der Waals surface area contributed by atoms with Gasteiger partial charge in [-0.3, -0.25) is 0 Å². The van der Waals surface area contributed by atoms with Crippen LogP contribution in [0.4, 0.5) is 0 Å². The van der Waals surface area contributed by atoms with E-state index in [1.807, 2.05) is 0 Å². The van der Waals surface area contributed by atoms with Crippen molar-refractivity contribution in [2.75, 3.05) is 0 Å². The van der Waals surface area contributed by atoms with Gasteiger partial charge in [-0.2, -0.15) is 0 Å². The summed E-state index contributed by atoms with van der Waals surface area (Å²) in [6, 6.07) is 9.40. The topological polar surface area (TPSA) is 43.6 Å². The molecular formula is C20H22N4S2. The molecule has 0 atom stereocenters. The van der Waals surface area contributed by atoms with Crippen LogP contribution in [0.3, 0.4) is 0 Å². The fourth-order valence-corrected chi connectivity index (χ4v) is 5.05. The Hall–Kier alpha value is -1.66. The average molecular weight is 383 g/mol. The van der Waals surface area contributed by atoms with Crippen LogP contribution in [-0.2, 0) is 12.2 Å². The third-order valence-electron chi connectivity index (χ3n) is 5.06. The number of thioether (sulfide) groups is 1. The van der Waals surface area contributed by atoms with E-state index in [9.17, 15) is 0 Å². The van der Waals surface area contributed by atoms with E-state index >= 15 is 0 Å². The first kappa shape index (κ1) is 16.5. The highest BCUT2D eigenvalue weighted by Gasteiger charge is 2.36. The normalized spacial score (nSPS) is 17.0. The number of hydrogen-bond donors (Lipinski definition) is 0. The maximum atomic E-state index is 4.84. The molecule has 2 aliphatic rings. The molecule has 0 unspecified atom stereocenters. The molecule has 0 spiro atoms. The largest absolute Gasteiger partial charge is 0.303 e. The summed E-state index contributed by atoms with van der Waals surface area (Å²) in [5.74, 6) is 2.75. The standard InChI is InChI=1S/C20H22N4S2/c1-2-13-3-5-15(6-4-13)19-21-16(11-25-19)12-26-20-23-22-18(14-7-8-14)24(20)17-9-10-17/h3-6,11,14,17H,2,7-10,12H2,1H3. The average Bonchev–Trinajstić information content (AvgIpc) is 3.61. The van der Waals surface area contributed by atoms with Crippen molar-refractivity contribution in [3.63, 3.8) is 0 Å². The molecule has 26 heavy (non-hydrogen) atoms. The van der Waals surface area contributed by atoms with Crippen LogP contribution in [-0.4, -0.2) is 19.7 Å². The Bertz CT molecular complexity index is 904. The van der Waals surface area contributed by atoms with Crippen molar-refractivity contribution in [1.29, 1.82) is 0 Å². The fraction of sp³-hybridized carbons (Fsp3) is 0.450. The van der Waals surface area contributed by atoms with Gasteiger partial charge in [-0.25, -0.2) is 4.98 Å². The summed E-state index contributed by atoms with van der Waals surface area (Å²) in [4.78, 5) is 4.84. The van der Waals surface area contributed by atoms with Gasteiger partial charge in [-0.05, 0) is 37.7 Å². The van der Waals surface area contributed by atoms with E-state index in [0.29, 0.717) is 12.0 Å². The van der Waals surface area contributed by atoms with Crippen molar-refractivity contribution < 1.29 is 0 Å². The van der Waals surface area contributed by atoms with Gasteiger partial charge in [0.25, 0.3) is 0 Å². The Labute approximate surface area is 162 Å². The van der Waals surface area contributed by atoms with Gasteiger partial charge in [0, 0.05) is 28.7 Å². The first-order valence-corrected chi connectivity index (χ1v) is 11.3. The lowest BCUT2D eigenvalue weighted by molar-refractivity contribution is 0.627. The van der Waals surface area contributed by atoms with Crippen molar-refractivity contribution in [1.82, 2.24) is 19.7 Å². The molecule has 4 nitrogen and oxygen atoms in total. The number of rotatable bonds is 7. The molecule has 134 valence electrons.